The molecule has 1 unspecified atom stereocenters. The Labute approximate surface area is 219 Å². The third kappa shape index (κ3) is 4.51. The predicted molar refractivity (Wildman–Crippen MR) is 146 cm³/mol. The molecule has 1 aliphatic carbocycles. The summed E-state index contributed by atoms with van der Waals surface area (Å²) in [6.07, 6.45) is 0.459. The number of methoxy groups -OCH3 is 1. The molecule has 4 nitrogen and oxygen atoms in total. The smallest absolute Gasteiger partial charge is 0.165 e. The fourth-order valence-corrected chi connectivity index (χ4v) is 5.22. The minimum absolute atomic E-state index is 0.0981. The van der Waals surface area contributed by atoms with Crippen molar-refractivity contribution in [3.05, 3.63) is 99.6 Å². The van der Waals surface area contributed by atoms with Gasteiger partial charge in [-0.25, -0.2) is 0 Å². The molecule has 0 saturated carbocycles. The predicted octanol–water partition coefficient (Wildman–Crippen LogP) is 8.33. The summed E-state index contributed by atoms with van der Waals surface area (Å²) in [5, 5.41) is 4.41. The van der Waals surface area contributed by atoms with Crippen molar-refractivity contribution in [3.63, 3.8) is 0 Å². The molecule has 0 bridgehead atoms. The molecule has 0 saturated heterocycles. The highest BCUT2D eigenvalue weighted by atomic mass is 79.9. The van der Waals surface area contributed by atoms with Crippen LogP contribution in [-0.2, 0) is 0 Å². The Kier molecular flexibility index (Phi) is 6.24. The Balaban J connectivity index is 1.74. The first-order chi connectivity index (χ1) is 16.8. The van der Waals surface area contributed by atoms with Gasteiger partial charge >= 0.3 is 0 Å². The molecule has 3 aromatic carbocycles. The van der Waals surface area contributed by atoms with E-state index in [0.717, 1.165) is 44.1 Å². The number of fused-ring (bicyclic) bond motifs is 1. The second-order valence-electron chi connectivity index (χ2n) is 9.54. The highest BCUT2D eigenvalue weighted by molar-refractivity contribution is 9.10. The number of rotatable bonds is 5. The van der Waals surface area contributed by atoms with Crippen LogP contribution in [0.15, 0.2) is 83.3 Å². The number of benzene rings is 3. The number of carbonyl (C=O) groups is 1. The summed E-state index contributed by atoms with van der Waals surface area (Å²) < 4.78 is 8.58. The van der Waals surface area contributed by atoms with Crippen molar-refractivity contribution in [2.45, 2.75) is 26.3 Å². The Morgan fingerprint density at radius 1 is 1.00 bits per heavy atom. The lowest BCUT2D eigenvalue weighted by molar-refractivity contribution is 0.0891. The second-order valence-corrected chi connectivity index (χ2v) is 10.9. The van der Waals surface area contributed by atoms with Gasteiger partial charge in [0, 0.05) is 32.9 Å². The molecule has 1 aliphatic rings. The van der Waals surface area contributed by atoms with Crippen molar-refractivity contribution in [2.75, 3.05) is 12.4 Å². The van der Waals surface area contributed by atoms with Crippen LogP contribution < -0.4 is 10.1 Å². The van der Waals surface area contributed by atoms with E-state index in [0.29, 0.717) is 11.4 Å². The van der Waals surface area contributed by atoms with Gasteiger partial charge < -0.3 is 14.6 Å². The first kappa shape index (κ1) is 23.7. The molecule has 1 heterocycles. The monoisotopic (exact) mass is 548 g/mol. The van der Waals surface area contributed by atoms with Crippen molar-refractivity contribution < 1.29 is 9.53 Å². The molecule has 0 fully saturated rings. The zero-order chi connectivity index (χ0) is 24.7. The Hall–Kier alpha value is -3.02. The molecule has 6 heteroatoms. The molecular weight excluding hydrogens is 524 g/mol. The van der Waals surface area contributed by atoms with Crippen LogP contribution in [0.25, 0.3) is 16.9 Å². The van der Waals surface area contributed by atoms with Crippen LogP contribution in [0.1, 0.15) is 42.4 Å². The molecule has 0 amide bonds. The zero-order valence-corrected chi connectivity index (χ0v) is 22.2. The van der Waals surface area contributed by atoms with Gasteiger partial charge in [-0.2, -0.15) is 0 Å². The van der Waals surface area contributed by atoms with Gasteiger partial charge in [-0.3, -0.25) is 4.79 Å². The molecule has 1 aromatic heterocycles. The van der Waals surface area contributed by atoms with Crippen LogP contribution in [0.2, 0.25) is 5.02 Å². The Morgan fingerprint density at radius 3 is 2.29 bits per heavy atom. The van der Waals surface area contributed by atoms with E-state index < -0.39 is 0 Å². The maximum Gasteiger partial charge on any atom is 0.165 e. The lowest BCUT2D eigenvalue weighted by atomic mass is 9.72. The molecule has 178 valence electrons. The standard InChI is InChI=1S/C29H26BrClN2O2/c1-29(2)17-26(34)24-16-25(18-4-14-23(35-3)15-5-18)33(22-12-8-20(31)9-13-22)27(24)28(29)32-21-10-6-19(30)7-11-21/h4-16,28,32H,17H2,1-3H3. The number of aromatic nitrogens is 1. The van der Waals surface area contributed by atoms with Gasteiger partial charge in [-0.1, -0.05) is 41.4 Å². The Morgan fingerprint density at radius 2 is 1.66 bits per heavy atom. The number of halogens is 2. The SMILES string of the molecule is COc1ccc(-c2cc3c(n2-c2ccc(Cl)cc2)C(Nc2ccc(Br)cc2)C(C)(C)CC3=O)cc1. The van der Waals surface area contributed by atoms with E-state index in [4.69, 9.17) is 16.3 Å². The summed E-state index contributed by atoms with van der Waals surface area (Å²) >= 11 is 9.75. The van der Waals surface area contributed by atoms with Crippen LogP contribution in [0.5, 0.6) is 5.75 Å². The first-order valence-electron chi connectivity index (χ1n) is 11.5. The summed E-state index contributed by atoms with van der Waals surface area (Å²) in [5.74, 6) is 0.941. The average molecular weight is 550 g/mol. The van der Waals surface area contributed by atoms with E-state index in [2.05, 4.69) is 51.8 Å². The van der Waals surface area contributed by atoms with E-state index in [1.54, 1.807) is 7.11 Å². The van der Waals surface area contributed by atoms with Crippen molar-refractivity contribution >= 4 is 39.0 Å². The fourth-order valence-electron chi connectivity index (χ4n) is 4.83. The van der Waals surface area contributed by atoms with Crippen LogP contribution in [-0.4, -0.2) is 17.5 Å². The number of carbonyl (C=O) groups excluding carboxylic acids is 1. The van der Waals surface area contributed by atoms with Gasteiger partial charge in [0.1, 0.15) is 5.75 Å². The van der Waals surface area contributed by atoms with Gasteiger partial charge in [-0.15, -0.1) is 0 Å². The number of ether oxygens (including phenoxy) is 1. The van der Waals surface area contributed by atoms with Crippen molar-refractivity contribution in [2.24, 2.45) is 5.41 Å². The van der Waals surface area contributed by atoms with E-state index in [1.165, 1.54) is 0 Å². The lowest BCUT2D eigenvalue weighted by Crippen LogP contribution is -2.37. The second kappa shape index (κ2) is 9.21. The minimum Gasteiger partial charge on any atom is -0.497 e. The number of nitrogens with one attached hydrogen (secondary N) is 1. The molecule has 0 aliphatic heterocycles. The van der Waals surface area contributed by atoms with Gasteiger partial charge in [0.15, 0.2) is 5.78 Å². The lowest BCUT2D eigenvalue weighted by Gasteiger charge is -2.40. The highest BCUT2D eigenvalue weighted by Crippen LogP contribution is 2.48. The molecule has 35 heavy (non-hydrogen) atoms. The average Bonchev–Trinajstić information content (AvgIpc) is 3.24. The summed E-state index contributed by atoms with van der Waals surface area (Å²) in [6, 6.07) is 25.8. The van der Waals surface area contributed by atoms with E-state index in [1.807, 2.05) is 66.7 Å². The molecular formula is C29H26BrClN2O2. The largest absolute Gasteiger partial charge is 0.497 e. The van der Waals surface area contributed by atoms with Crippen LogP contribution in [0.4, 0.5) is 5.69 Å². The third-order valence-electron chi connectivity index (χ3n) is 6.64. The highest BCUT2D eigenvalue weighted by Gasteiger charge is 2.43. The number of ketones is 1. The fraction of sp³-hybridized carbons (Fsp3) is 0.207. The van der Waals surface area contributed by atoms with Crippen molar-refractivity contribution in [1.29, 1.82) is 0 Å². The van der Waals surface area contributed by atoms with Gasteiger partial charge in [0.2, 0.25) is 0 Å². The molecule has 0 radical (unpaired) electrons. The third-order valence-corrected chi connectivity index (χ3v) is 7.42. The first-order valence-corrected chi connectivity index (χ1v) is 12.7. The normalized spacial score (nSPS) is 16.6. The molecule has 5 rings (SSSR count). The maximum absolute atomic E-state index is 13.4. The topological polar surface area (TPSA) is 43.3 Å². The number of Topliss-reactive ketones (excluding diaryl/α,β-unsaturated/α-hetero) is 1. The molecule has 4 aromatic rings. The van der Waals surface area contributed by atoms with E-state index in [-0.39, 0.29) is 17.2 Å². The quantitative estimate of drug-likeness (QED) is 0.272. The number of nitrogens with zero attached hydrogens (tertiary/aromatic N) is 1. The van der Waals surface area contributed by atoms with E-state index in [9.17, 15) is 4.79 Å². The summed E-state index contributed by atoms with van der Waals surface area (Å²) in [4.78, 5) is 13.4. The summed E-state index contributed by atoms with van der Waals surface area (Å²) in [7, 11) is 1.66. The molecule has 1 N–H and O–H groups in total. The molecule has 0 spiro atoms. The summed E-state index contributed by atoms with van der Waals surface area (Å²) in [5.41, 5.74) is 5.31. The van der Waals surface area contributed by atoms with Crippen molar-refractivity contribution in [1.82, 2.24) is 4.57 Å². The number of anilines is 1. The number of hydrogen-bond acceptors (Lipinski definition) is 3. The minimum atomic E-state index is -0.309. The van der Waals surface area contributed by atoms with Crippen molar-refractivity contribution in [3.8, 4) is 22.7 Å². The van der Waals surface area contributed by atoms with Crippen LogP contribution >= 0.6 is 27.5 Å². The van der Waals surface area contributed by atoms with Gasteiger partial charge in [-0.05, 0) is 89.8 Å². The van der Waals surface area contributed by atoms with E-state index >= 15 is 0 Å². The maximum atomic E-state index is 13.4. The zero-order valence-electron chi connectivity index (χ0n) is 19.8. The van der Waals surface area contributed by atoms with Crippen LogP contribution in [0, 0.1) is 5.41 Å². The Bertz CT molecular complexity index is 1370. The van der Waals surface area contributed by atoms with Gasteiger partial charge in [0.05, 0.1) is 24.5 Å². The summed E-state index contributed by atoms with van der Waals surface area (Å²) in [6.45, 7) is 4.30. The number of hydrogen-bond donors (Lipinski definition) is 1. The molecule has 1 atom stereocenters. The van der Waals surface area contributed by atoms with Gasteiger partial charge in [0.25, 0.3) is 0 Å². The van der Waals surface area contributed by atoms with Crippen LogP contribution in [0.3, 0.4) is 0 Å².